The molecular formula is C22H20BrN3O2. The van der Waals surface area contributed by atoms with Gasteiger partial charge in [0.05, 0.1) is 6.21 Å². The lowest BCUT2D eigenvalue weighted by molar-refractivity contribution is -0.121. The van der Waals surface area contributed by atoms with Crippen molar-refractivity contribution in [1.29, 1.82) is 0 Å². The molecule has 1 atom stereocenters. The minimum atomic E-state index is -0.431. The molecule has 2 N–H and O–H groups in total. The maximum absolute atomic E-state index is 12.2. The van der Waals surface area contributed by atoms with Crippen molar-refractivity contribution in [3.8, 4) is 11.5 Å². The van der Waals surface area contributed by atoms with E-state index in [2.05, 4.69) is 31.8 Å². The molecule has 0 unspecified atom stereocenters. The lowest BCUT2D eigenvalue weighted by Gasteiger charge is -2.13. The van der Waals surface area contributed by atoms with Crippen LogP contribution in [-0.2, 0) is 4.79 Å². The molecule has 0 aliphatic heterocycles. The van der Waals surface area contributed by atoms with Crippen LogP contribution >= 0.6 is 15.9 Å². The molecule has 0 fully saturated rings. The third kappa shape index (κ3) is 5.96. The zero-order valence-corrected chi connectivity index (χ0v) is 16.9. The highest BCUT2D eigenvalue weighted by Crippen LogP contribution is 2.21. The Labute approximate surface area is 172 Å². The van der Waals surface area contributed by atoms with E-state index >= 15 is 0 Å². The monoisotopic (exact) mass is 437 g/mol. The van der Waals surface area contributed by atoms with E-state index in [4.69, 9.17) is 4.74 Å². The fourth-order valence-electron chi connectivity index (χ4n) is 2.44. The summed E-state index contributed by atoms with van der Waals surface area (Å²) in [4.78, 5) is 12.2. The van der Waals surface area contributed by atoms with Crippen LogP contribution in [0.1, 0.15) is 12.5 Å². The van der Waals surface area contributed by atoms with E-state index in [9.17, 15) is 4.79 Å². The molecule has 28 heavy (non-hydrogen) atoms. The third-order valence-corrected chi connectivity index (χ3v) is 4.32. The Balaban J connectivity index is 1.55. The van der Waals surface area contributed by atoms with Crippen molar-refractivity contribution in [2.75, 3.05) is 5.32 Å². The highest BCUT2D eigenvalue weighted by atomic mass is 79.9. The van der Waals surface area contributed by atoms with E-state index in [-0.39, 0.29) is 5.91 Å². The number of amides is 1. The number of halogens is 1. The summed E-state index contributed by atoms with van der Waals surface area (Å²) >= 11 is 3.41. The summed E-state index contributed by atoms with van der Waals surface area (Å²) in [5.74, 6) is 1.23. The molecule has 0 heterocycles. The first-order valence-electron chi connectivity index (χ1n) is 8.78. The molecule has 5 nitrogen and oxygen atoms in total. The van der Waals surface area contributed by atoms with E-state index < -0.39 is 6.04 Å². The number of para-hydroxylation sites is 1. The number of hydrogen-bond donors (Lipinski definition) is 2. The van der Waals surface area contributed by atoms with Gasteiger partial charge >= 0.3 is 0 Å². The molecule has 0 aliphatic carbocycles. The average Bonchev–Trinajstić information content (AvgIpc) is 2.69. The quantitative estimate of drug-likeness (QED) is 0.394. The van der Waals surface area contributed by atoms with Crippen molar-refractivity contribution in [2.24, 2.45) is 5.10 Å². The van der Waals surface area contributed by atoms with Crippen LogP contribution in [0.25, 0.3) is 0 Å². The van der Waals surface area contributed by atoms with Gasteiger partial charge in [-0.3, -0.25) is 4.79 Å². The number of benzene rings is 3. The zero-order chi connectivity index (χ0) is 19.8. The van der Waals surface area contributed by atoms with Gasteiger partial charge in [0, 0.05) is 10.2 Å². The van der Waals surface area contributed by atoms with Crippen molar-refractivity contribution in [3.63, 3.8) is 0 Å². The molecule has 3 aromatic rings. The Morgan fingerprint density at radius 3 is 2.54 bits per heavy atom. The number of nitrogens with one attached hydrogen (secondary N) is 2. The Bertz CT molecular complexity index is 961. The van der Waals surface area contributed by atoms with Crippen LogP contribution in [0.4, 0.5) is 5.69 Å². The van der Waals surface area contributed by atoms with Gasteiger partial charge in [0.1, 0.15) is 17.5 Å². The smallest absolute Gasteiger partial charge is 0.262 e. The lowest BCUT2D eigenvalue weighted by atomic mass is 10.2. The predicted molar refractivity (Wildman–Crippen MR) is 116 cm³/mol. The topological polar surface area (TPSA) is 62.7 Å². The largest absolute Gasteiger partial charge is 0.457 e. The minimum Gasteiger partial charge on any atom is -0.457 e. The van der Waals surface area contributed by atoms with Crippen molar-refractivity contribution in [1.82, 2.24) is 5.43 Å². The number of ether oxygens (including phenoxy) is 1. The average molecular weight is 438 g/mol. The van der Waals surface area contributed by atoms with Gasteiger partial charge in [-0.25, -0.2) is 5.43 Å². The first-order chi connectivity index (χ1) is 13.6. The fraction of sp³-hybridized carbons (Fsp3) is 0.0909. The number of anilines is 1. The second-order valence-corrected chi connectivity index (χ2v) is 7.01. The molecule has 3 aromatic carbocycles. The summed E-state index contributed by atoms with van der Waals surface area (Å²) < 4.78 is 6.74. The number of hydrazone groups is 1. The fourth-order valence-corrected chi connectivity index (χ4v) is 2.84. The van der Waals surface area contributed by atoms with E-state index in [1.54, 1.807) is 13.1 Å². The number of hydrogen-bond acceptors (Lipinski definition) is 4. The molecule has 0 saturated heterocycles. The van der Waals surface area contributed by atoms with Gasteiger partial charge in [-0.2, -0.15) is 5.10 Å². The van der Waals surface area contributed by atoms with Crippen LogP contribution in [0.3, 0.4) is 0 Å². The summed E-state index contributed by atoms with van der Waals surface area (Å²) in [7, 11) is 0. The Morgan fingerprint density at radius 2 is 1.75 bits per heavy atom. The van der Waals surface area contributed by atoms with Gasteiger partial charge in [-0.05, 0) is 55.0 Å². The molecule has 0 aromatic heterocycles. The van der Waals surface area contributed by atoms with Gasteiger partial charge in [0.15, 0.2) is 0 Å². The first-order valence-corrected chi connectivity index (χ1v) is 9.57. The van der Waals surface area contributed by atoms with E-state index in [0.29, 0.717) is 5.75 Å². The molecule has 0 spiro atoms. The number of carbonyl (C=O) groups excluding carboxylic acids is 1. The van der Waals surface area contributed by atoms with Crippen molar-refractivity contribution < 1.29 is 9.53 Å². The standard InChI is InChI=1S/C22H20BrN3O2/c1-16(25-19-9-6-8-18(23)14-19)22(27)26-24-15-17-7-5-12-21(13-17)28-20-10-3-2-4-11-20/h2-16,25H,1H3,(H,26,27)/b24-15-/t16-/m1/s1. The Hall–Kier alpha value is -3.12. The zero-order valence-electron chi connectivity index (χ0n) is 15.3. The summed E-state index contributed by atoms with van der Waals surface area (Å²) in [6.45, 7) is 1.78. The van der Waals surface area contributed by atoms with Crippen LogP contribution in [0.5, 0.6) is 11.5 Å². The van der Waals surface area contributed by atoms with Gasteiger partial charge < -0.3 is 10.1 Å². The molecular weight excluding hydrogens is 418 g/mol. The normalized spacial score (nSPS) is 11.8. The second-order valence-electron chi connectivity index (χ2n) is 6.10. The first kappa shape index (κ1) is 19.6. The summed E-state index contributed by atoms with van der Waals surface area (Å²) in [5, 5.41) is 7.17. The van der Waals surface area contributed by atoms with Crippen LogP contribution in [0.15, 0.2) is 88.4 Å². The molecule has 142 valence electrons. The van der Waals surface area contributed by atoms with Crippen molar-refractivity contribution in [2.45, 2.75) is 13.0 Å². The molecule has 0 aliphatic rings. The molecule has 0 saturated carbocycles. The Morgan fingerprint density at radius 1 is 1.00 bits per heavy atom. The van der Waals surface area contributed by atoms with Crippen LogP contribution in [0, 0.1) is 0 Å². The summed E-state index contributed by atoms with van der Waals surface area (Å²) in [6.07, 6.45) is 1.58. The van der Waals surface area contributed by atoms with Crippen LogP contribution in [0.2, 0.25) is 0 Å². The molecule has 6 heteroatoms. The van der Waals surface area contributed by atoms with E-state index in [1.165, 1.54) is 0 Å². The van der Waals surface area contributed by atoms with Gasteiger partial charge in [0.2, 0.25) is 0 Å². The Kier molecular flexibility index (Phi) is 6.81. The predicted octanol–water partition coefficient (Wildman–Crippen LogP) is 5.19. The number of carbonyl (C=O) groups is 1. The SMILES string of the molecule is C[C@@H](Nc1cccc(Br)c1)C(=O)N/N=C\c1cccc(Oc2ccccc2)c1. The highest BCUT2D eigenvalue weighted by molar-refractivity contribution is 9.10. The molecule has 1 amide bonds. The molecule has 3 rings (SSSR count). The van der Waals surface area contributed by atoms with Gasteiger partial charge in [-0.1, -0.05) is 52.3 Å². The van der Waals surface area contributed by atoms with E-state index in [0.717, 1.165) is 21.5 Å². The maximum Gasteiger partial charge on any atom is 0.262 e. The third-order valence-electron chi connectivity index (χ3n) is 3.83. The van der Waals surface area contributed by atoms with Gasteiger partial charge in [-0.15, -0.1) is 0 Å². The van der Waals surface area contributed by atoms with Crippen LogP contribution < -0.4 is 15.5 Å². The summed E-state index contributed by atoms with van der Waals surface area (Å²) in [5.41, 5.74) is 4.22. The van der Waals surface area contributed by atoms with Gasteiger partial charge in [0.25, 0.3) is 5.91 Å². The second kappa shape index (κ2) is 9.71. The molecule has 0 bridgehead atoms. The van der Waals surface area contributed by atoms with Crippen LogP contribution in [-0.4, -0.2) is 18.2 Å². The molecule has 0 radical (unpaired) electrons. The highest BCUT2D eigenvalue weighted by Gasteiger charge is 2.11. The maximum atomic E-state index is 12.2. The number of rotatable bonds is 7. The summed E-state index contributed by atoms with van der Waals surface area (Å²) in [6, 6.07) is 24.2. The van der Waals surface area contributed by atoms with E-state index in [1.807, 2.05) is 78.9 Å². The minimum absolute atomic E-state index is 0.229. The lowest BCUT2D eigenvalue weighted by Crippen LogP contribution is -2.34. The van der Waals surface area contributed by atoms with Crippen molar-refractivity contribution in [3.05, 3.63) is 88.9 Å². The van der Waals surface area contributed by atoms with Crippen molar-refractivity contribution >= 4 is 33.7 Å². The number of nitrogens with zero attached hydrogens (tertiary/aromatic N) is 1.